The van der Waals surface area contributed by atoms with Gasteiger partial charge in [0.1, 0.15) is 5.69 Å². The minimum Gasteiger partial charge on any atom is -0.483 e. The number of carboxylic acid groups (broad SMARTS) is 2. The Hall–Kier alpha value is -2.79. The Morgan fingerprint density at radius 3 is 2.55 bits per heavy atom. The van der Waals surface area contributed by atoms with Gasteiger partial charge in [-0.3, -0.25) is 14.4 Å². The van der Waals surface area contributed by atoms with E-state index in [1.807, 2.05) is 29.0 Å². The lowest BCUT2D eigenvalue weighted by Gasteiger charge is -2.21. The highest BCUT2D eigenvalue weighted by Crippen LogP contribution is 2.15. The van der Waals surface area contributed by atoms with Crippen molar-refractivity contribution in [2.45, 2.75) is 39.2 Å². The van der Waals surface area contributed by atoms with Crippen molar-refractivity contribution in [2.75, 3.05) is 32.7 Å². The number of aryl methyl sites for hydroxylation is 2. The Balaban J connectivity index is 0.000000720. The van der Waals surface area contributed by atoms with Crippen LogP contribution < -0.4 is 0 Å². The Bertz CT molecular complexity index is 747. The summed E-state index contributed by atoms with van der Waals surface area (Å²) >= 11 is 1.61. The van der Waals surface area contributed by atoms with E-state index < -0.39 is 0 Å². The summed E-state index contributed by atoms with van der Waals surface area (Å²) in [5.41, 5.74) is 0.627. The van der Waals surface area contributed by atoms with E-state index in [0.29, 0.717) is 5.69 Å². The van der Waals surface area contributed by atoms with Crippen LogP contribution in [0.2, 0.25) is 0 Å². The normalized spacial score (nSPS) is 13.8. The maximum Gasteiger partial charge on any atom is 0.290 e. The number of rotatable bonds is 7. The minimum atomic E-state index is -0.250. The molecule has 0 bridgehead atoms. The molecular formula is C20H31N5O5S. The van der Waals surface area contributed by atoms with Crippen LogP contribution in [0.15, 0.2) is 24.1 Å². The Kier molecular flexibility index (Phi) is 13.5. The molecule has 31 heavy (non-hydrogen) atoms. The molecule has 0 atom stereocenters. The van der Waals surface area contributed by atoms with Gasteiger partial charge >= 0.3 is 0 Å². The fourth-order valence-corrected chi connectivity index (χ4v) is 4.07. The summed E-state index contributed by atoms with van der Waals surface area (Å²) in [6, 6.07) is 0. The molecular weight excluding hydrogens is 422 g/mol. The van der Waals surface area contributed by atoms with Gasteiger partial charge in [0.2, 0.25) is 0 Å². The van der Waals surface area contributed by atoms with Gasteiger partial charge in [-0.05, 0) is 38.8 Å². The fourth-order valence-electron chi connectivity index (χ4n) is 3.19. The maximum atomic E-state index is 12.7. The Labute approximate surface area is 186 Å². The zero-order valence-corrected chi connectivity index (χ0v) is 18.6. The van der Waals surface area contributed by atoms with Gasteiger partial charge in [0.15, 0.2) is 0 Å². The van der Waals surface area contributed by atoms with Crippen molar-refractivity contribution in [3.05, 3.63) is 34.8 Å². The van der Waals surface area contributed by atoms with Crippen LogP contribution in [0.4, 0.5) is 0 Å². The molecule has 1 aliphatic heterocycles. The molecule has 2 aromatic heterocycles. The monoisotopic (exact) mass is 453 g/mol. The second-order valence-electron chi connectivity index (χ2n) is 6.73. The van der Waals surface area contributed by atoms with Gasteiger partial charge in [-0.15, -0.1) is 11.3 Å². The number of carbonyl (C=O) groups excluding carboxylic acids is 1. The number of amides is 1. The summed E-state index contributed by atoms with van der Waals surface area (Å²) < 4.78 is 2.11. The zero-order valence-electron chi connectivity index (χ0n) is 17.8. The first-order valence-corrected chi connectivity index (χ1v) is 11.0. The van der Waals surface area contributed by atoms with E-state index in [0.717, 1.165) is 70.0 Å². The number of carbonyl (C=O) groups is 3. The smallest absolute Gasteiger partial charge is 0.290 e. The average molecular weight is 454 g/mol. The summed E-state index contributed by atoms with van der Waals surface area (Å²) in [7, 11) is 0. The van der Waals surface area contributed by atoms with Gasteiger partial charge in [0.25, 0.3) is 18.9 Å². The van der Waals surface area contributed by atoms with Crippen LogP contribution in [-0.2, 0) is 22.6 Å². The Morgan fingerprint density at radius 2 is 1.90 bits per heavy atom. The number of nitrogens with zero attached hydrogens (tertiary/aromatic N) is 5. The third-order valence-electron chi connectivity index (χ3n) is 4.56. The summed E-state index contributed by atoms with van der Waals surface area (Å²) in [5, 5.41) is 16.8. The summed E-state index contributed by atoms with van der Waals surface area (Å²) in [5.74, 6) is 0.0962. The van der Waals surface area contributed by atoms with Crippen LogP contribution >= 0.6 is 11.3 Å². The Morgan fingerprint density at radius 1 is 1.16 bits per heavy atom. The molecule has 2 aromatic rings. The molecule has 0 radical (unpaired) electrons. The largest absolute Gasteiger partial charge is 0.483 e. The van der Waals surface area contributed by atoms with Gasteiger partial charge in [-0.1, -0.05) is 6.92 Å². The predicted molar refractivity (Wildman–Crippen MR) is 117 cm³/mol. The van der Waals surface area contributed by atoms with Gasteiger partial charge in [-0.2, -0.15) is 0 Å². The SMILES string of the molecule is CCCc1nc(C(=O)N2CCCN(CCCn3ccnc3)CC2)cs1.O=CO.O=CO. The highest BCUT2D eigenvalue weighted by molar-refractivity contribution is 7.09. The highest BCUT2D eigenvalue weighted by Gasteiger charge is 2.22. The number of thiazole rings is 1. The summed E-state index contributed by atoms with van der Waals surface area (Å²) in [6.45, 7) is 7.34. The summed E-state index contributed by atoms with van der Waals surface area (Å²) in [4.78, 5) is 42.4. The van der Waals surface area contributed by atoms with E-state index in [1.54, 1.807) is 11.3 Å². The van der Waals surface area contributed by atoms with Crippen molar-refractivity contribution in [3.63, 3.8) is 0 Å². The van der Waals surface area contributed by atoms with Crippen LogP contribution in [0.3, 0.4) is 0 Å². The molecule has 0 saturated carbocycles. The standard InChI is InChI=1S/C18H27N5OS.2CH2O2/c1-2-5-17-20-16(14-25-17)18(24)23-10-4-8-21(12-13-23)7-3-9-22-11-6-19-15-22;2*2-1-3/h6,11,14-15H,2-5,7-10,12-13H2,1H3;2*1H,(H,2,3). The molecule has 1 fully saturated rings. The molecule has 1 amide bonds. The van der Waals surface area contributed by atoms with Crippen LogP contribution in [0, 0.1) is 0 Å². The molecule has 0 spiro atoms. The number of hydrogen-bond acceptors (Lipinski definition) is 7. The predicted octanol–water partition coefficient (Wildman–Crippen LogP) is 1.93. The van der Waals surface area contributed by atoms with Crippen molar-refractivity contribution in [1.82, 2.24) is 24.3 Å². The van der Waals surface area contributed by atoms with Crippen molar-refractivity contribution >= 4 is 30.2 Å². The second kappa shape index (κ2) is 16.0. The first-order chi connectivity index (χ1) is 15.1. The lowest BCUT2D eigenvalue weighted by atomic mass is 10.3. The van der Waals surface area contributed by atoms with E-state index in [-0.39, 0.29) is 18.9 Å². The lowest BCUT2D eigenvalue weighted by molar-refractivity contribution is -0.123. The van der Waals surface area contributed by atoms with E-state index >= 15 is 0 Å². The van der Waals surface area contributed by atoms with Crippen LogP contribution in [0.25, 0.3) is 0 Å². The zero-order chi connectivity index (χ0) is 22.9. The fraction of sp³-hybridized carbons (Fsp3) is 0.550. The van der Waals surface area contributed by atoms with Gasteiger partial charge in [0.05, 0.1) is 11.3 Å². The number of imidazole rings is 1. The van der Waals surface area contributed by atoms with E-state index in [1.165, 1.54) is 0 Å². The molecule has 10 nitrogen and oxygen atoms in total. The van der Waals surface area contributed by atoms with E-state index in [2.05, 4.69) is 26.4 Å². The lowest BCUT2D eigenvalue weighted by Crippen LogP contribution is -2.35. The molecule has 2 N–H and O–H groups in total. The van der Waals surface area contributed by atoms with E-state index in [9.17, 15) is 4.79 Å². The highest BCUT2D eigenvalue weighted by atomic mass is 32.1. The maximum absolute atomic E-state index is 12.7. The molecule has 11 heteroatoms. The van der Waals surface area contributed by atoms with Crippen molar-refractivity contribution in [3.8, 4) is 0 Å². The number of aromatic nitrogens is 3. The third kappa shape index (κ3) is 10.2. The van der Waals surface area contributed by atoms with Crippen molar-refractivity contribution < 1.29 is 24.6 Å². The molecule has 0 aromatic carbocycles. The van der Waals surface area contributed by atoms with Crippen LogP contribution in [0.1, 0.15) is 41.7 Å². The first kappa shape index (κ1) is 26.2. The topological polar surface area (TPSA) is 129 Å². The minimum absolute atomic E-state index is 0.0962. The molecule has 0 unspecified atom stereocenters. The van der Waals surface area contributed by atoms with Crippen molar-refractivity contribution in [1.29, 1.82) is 0 Å². The molecule has 172 valence electrons. The van der Waals surface area contributed by atoms with E-state index in [4.69, 9.17) is 19.8 Å². The molecule has 3 rings (SSSR count). The third-order valence-corrected chi connectivity index (χ3v) is 5.47. The molecule has 1 aliphatic rings. The quantitative estimate of drug-likeness (QED) is 0.609. The molecule has 0 aliphatic carbocycles. The van der Waals surface area contributed by atoms with Crippen LogP contribution in [-0.4, -0.2) is 86.1 Å². The number of hydrogen-bond donors (Lipinski definition) is 2. The molecule has 1 saturated heterocycles. The average Bonchev–Trinajstić information content (AvgIpc) is 3.38. The molecule has 3 heterocycles. The van der Waals surface area contributed by atoms with Gasteiger partial charge in [0, 0.05) is 44.0 Å². The van der Waals surface area contributed by atoms with Gasteiger partial charge < -0.3 is 24.6 Å². The van der Waals surface area contributed by atoms with Gasteiger partial charge in [-0.25, -0.2) is 9.97 Å². The van der Waals surface area contributed by atoms with Crippen molar-refractivity contribution in [2.24, 2.45) is 0 Å². The summed E-state index contributed by atoms with van der Waals surface area (Å²) in [6.07, 6.45) is 9.86. The van der Waals surface area contributed by atoms with Crippen LogP contribution in [0.5, 0.6) is 0 Å². The second-order valence-corrected chi connectivity index (χ2v) is 7.67. The first-order valence-electron chi connectivity index (χ1n) is 10.2.